The lowest BCUT2D eigenvalue weighted by atomic mass is 9.94. The molecular weight excluding hydrogens is 527 g/mol. The highest BCUT2D eigenvalue weighted by atomic mass is 35.5. The van der Waals surface area contributed by atoms with Gasteiger partial charge in [0.15, 0.2) is 5.90 Å². The van der Waals surface area contributed by atoms with Gasteiger partial charge in [0.2, 0.25) is 0 Å². The van der Waals surface area contributed by atoms with Crippen molar-refractivity contribution in [2.24, 2.45) is 25.0 Å². The van der Waals surface area contributed by atoms with Gasteiger partial charge in [0.05, 0.1) is 17.7 Å². The van der Waals surface area contributed by atoms with Gasteiger partial charge in [-0.3, -0.25) is 13.9 Å². The molecule has 0 saturated carbocycles. The maximum Gasteiger partial charge on any atom is 0.573 e. The van der Waals surface area contributed by atoms with Gasteiger partial charge in [0.25, 0.3) is 5.56 Å². The van der Waals surface area contributed by atoms with E-state index >= 15 is 0 Å². The predicted molar refractivity (Wildman–Crippen MR) is 136 cm³/mol. The summed E-state index contributed by atoms with van der Waals surface area (Å²) in [6.07, 6.45) is -2.96. The summed E-state index contributed by atoms with van der Waals surface area (Å²) in [6.45, 7) is 0. The largest absolute Gasteiger partial charge is 0.573 e. The number of halogens is 4. The number of ether oxygens (including phenoxy) is 3. The molecule has 8 nitrogen and oxygen atoms in total. The van der Waals surface area contributed by atoms with Crippen molar-refractivity contribution in [2.45, 2.75) is 32.0 Å². The molecule has 1 atom stereocenters. The third-order valence-corrected chi connectivity index (χ3v) is 6.60. The first-order chi connectivity index (χ1) is 18.0. The molecule has 2 aromatic carbocycles. The van der Waals surface area contributed by atoms with Crippen LogP contribution in [0.4, 0.5) is 19.0 Å². The first-order valence-electron chi connectivity index (χ1n) is 11.7. The fraction of sp³-hybridized carbons (Fsp3) is 0.346. The lowest BCUT2D eigenvalue weighted by molar-refractivity contribution is -0.274. The SMILES string of the molecule is COc1cc(CCC2CCc3c(n(C)c(=O)n(C)c3=O)N=C2Oc2cccc(OC(F)(F)F)c2)ccc1Cl. The predicted octanol–water partition coefficient (Wildman–Crippen LogP) is 4.95. The number of rotatable bonds is 6. The standard InChI is InChI=1S/C26H25ClF3N3O5/c1-32-22-19(24(34)33(2)25(32)35)11-10-16(9-7-15-8-12-20(27)21(13-15)36-3)23(31-22)37-17-5-4-6-18(14-17)38-26(28,29)30/h4-6,8,12-14,16H,7,9-11H2,1-3H3. The van der Waals surface area contributed by atoms with Gasteiger partial charge in [0.1, 0.15) is 23.1 Å². The molecule has 1 aromatic heterocycles. The zero-order valence-corrected chi connectivity index (χ0v) is 21.6. The zero-order chi connectivity index (χ0) is 27.6. The second-order valence-electron chi connectivity index (χ2n) is 8.83. The summed E-state index contributed by atoms with van der Waals surface area (Å²) in [7, 11) is 4.42. The number of fused-ring (bicyclic) bond motifs is 1. The molecule has 0 bridgehead atoms. The summed E-state index contributed by atoms with van der Waals surface area (Å²) in [6, 6.07) is 10.5. The number of aromatic nitrogens is 2. The number of nitrogens with zero attached hydrogens (tertiary/aromatic N) is 3. The van der Waals surface area contributed by atoms with E-state index in [4.69, 9.17) is 21.1 Å². The van der Waals surface area contributed by atoms with Gasteiger partial charge in [-0.15, -0.1) is 13.2 Å². The molecule has 0 aliphatic carbocycles. The highest BCUT2D eigenvalue weighted by molar-refractivity contribution is 6.32. The Kier molecular flexibility index (Phi) is 7.86. The van der Waals surface area contributed by atoms with E-state index in [1.54, 1.807) is 6.07 Å². The topological polar surface area (TPSA) is 84.1 Å². The molecule has 0 radical (unpaired) electrons. The fourth-order valence-electron chi connectivity index (χ4n) is 4.33. The molecule has 0 saturated heterocycles. The highest BCUT2D eigenvalue weighted by Crippen LogP contribution is 2.32. The van der Waals surface area contributed by atoms with Crippen LogP contribution in [0.1, 0.15) is 24.0 Å². The van der Waals surface area contributed by atoms with Crippen LogP contribution in [0.15, 0.2) is 57.0 Å². The number of aryl methyl sites for hydroxylation is 1. The third kappa shape index (κ3) is 6.04. The van der Waals surface area contributed by atoms with Crippen LogP contribution in [0.3, 0.4) is 0 Å². The summed E-state index contributed by atoms with van der Waals surface area (Å²) in [5, 5.41) is 0.476. The van der Waals surface area contributed by atoms with E-state index in [1.165, 1.54) is 37.9 Å². The van der Waals surface area contributed by atoms with Gasteiger partial charge in [-0.1, -0.05) is 23.7 Å². The third-order valence-electron chi connectivity index (χ3n) is 6.29. The highest BCUT2D eigenvalue weighted by Gasteiger charge is 2.31. The van der Waals surface area contributed by atoms with Gasteiger partial charge in [0, 0.05) is 26.1 Å². The number of hydrogen-bond donors (Lipinski definition) is 0. The van der Waals surface area contributed by atoms with Gasteiger partial charge in [-0.2, -0.15) is 4.99 Å². The van der Waals surface area contributed by atoms with Crippen LogP contribution < -0.4 is 25.5 Å². The van der Waals surface area contributed by atoms with Crippen LogP contribution in [0.2, 0.25) is 5.02 Å². The molecule has 0 N–H and O–H groups in total. The van der Waals surface area contributed by atoms with Crippen LogP contribution in [0, 0.1) is 5.92 Å². The molecule has 1 aliphatic rings. The number of aliphatic imine (C=N–C) groups is 1. The molecule has 3 aromatic rings. The Labute approximate surface area is 220 Å². The van der Waals surface area contributed by atoms with Gasteiger partial charge >= 0.3 is 12.1 Å². The minimum absolute atomic E-state index is 0.0703. The second-order valence-corrected chi connectivity index (χ2v) is 9.23. The number of benzene rings is 2. The molecule has 4 rings (SSSR count). The van der Waals surface area contributed by atoms with Gasteiger partial charge in [-0.25, -0.2) is 4.79 Å². The molecule has 12 heteroatoms. The van der Waals surface area contributed by atoms with E-state index in [9.17, 15) is 22.8 Å². The Morgan fingerprint density at radius 2 is 1.82 bits per heavy atom. The van der Waals surface area contributed by atoms with Crippen molar-refractivity contribution in [1.82, 2.24) is 9.13 Å². The summed E-state index contributed by atoms with van der Waals surface area (Å²) in [5.41, 5.74) is 0.302. The first-order valence-corrected chi connectivity index (χ1v) is 12.1. The summed E-state index contributed by atoms with van der Waals surface area (Å²) in [5.74, 6) is 0.166. The van der Waals surface area contributed by atoms with Crippen LogP contribution in [0.25, 0.3) is 0 Å². The minimum Gasteiger partial charge on any atom is -0.495 e. The van der Waals surface area contributed by atoms with Crippen molar-refractivity contribution in [1.29, 1.82) is 0 Å². The van der Waals surface area contributed by atoms with Crippen LogP contribution in [0.5, 0.6) is 17.2 Å². The summed E-state index contributed by atoms with van der Waals surface area (Å²) in [4.78, 5) is 30.0. The van der Waals surface area contributed by atoms with E-state index in [0.29, 0.717) is 42.0 Å². The number of alkyl halides is 3. The van der Waals surface area contributed by atoms with Crippen LogP contribution >= 0.6 is 11.6 Å². The molecule has 38 heavy (non-hydrogen) atoms. The van der Waals surface area contributed by atoms with Crippen LogP contribution in [-0.4, -0.2) is 28.5 Å². The van der Waals surface area contributed by atoms with Crippen molar-refractivity contribution in [2.75, 3.05) is 7.11 Å². The minimum atomic E-state index is -4.86. The maximum atomic E-state index is 12.9. The molecule has 202 valence electrons. The monoisotopic (exact) mass is 551 g/mol. The van der Waals surface area contributed by atoms with Crippen molar-refractivity contribution >= 4 is 23.3 Å². The van der Waals surface area contributed by atoms with Crippen molar-refractivity contribution in [3.8, 4) is 17.2 Å². The second kappa shape index (κ2) is 10.9. The average Bonchev–Trinajstić information content (AvgIpc) is 3.04. The van der Waals surface area contributed by atoms with Gasteiger partial charge < -0.3 is 14.2 Å². The smallest absolute Gasteiger partial charge is 0.495 e. The van der Waals surface area contributed by atoms with Crippen molar-refractivity contribution < 1.29 is 27.4 Å². The number of hydrogen-bond acceptors (Lipinski definition) is 6. The Balaban J connectivity index is 1.71. The summed E-state index contributed by atoms with van der Waals surface area (Å²) >= 11 is 6.14. The fourth-order valence-corrected chi connectivity index (χ4v) is 4.53. The zero-order valence-electron chi connectivity index (χ0n) is 20.8. The van der Waals surface area contributed by atoms with Crippen molar-refractivity contribution in [3.05, 3.63) is 79.5 Å². The van der Waals surface area contributed by atoms with Crippen LogP contribution in [-0.2, 0) is 26.9 Å². The quantitative estimate of drug-likeness (QED) is 0.433. The molecule has 0 amide bonds. The van der Waals surface area contributed by atoms with E-state index < -0.39 is 23.4 Å². The Morgan fingerprint density at radius 3 is 2.53 bits per heavy atom. The Bertz CT molecular complexity index is 1500. The maximum absolute atomic E-state index is 12.9. The molecule has 2 heterocycles. The average molecular weight is 552 g/mol. The van der Waals surface area contributed by atoms with E-state index in [2.05, 4.69) is 9.73 Å². The lowest BCUT2D eigenvalue weighted by Gasteiger charge is -2.19. The van der Waals surface area contributed by atoms with Crippen molar-refractivity contribution in [3.63, 3.8) is 0 Å². The molecular formula is C26H25ClF3N3O5. The first kappa shape index (κ1) is 27.3. The van der Waals surface area contributed by atoms with E-state index in [-0.39, 0.29) is 23.4 Å². The molecule has 1 aliphatic heterocycles. The summed E-state index contributed by atoms with van der Waals surface area (Å²) < 4.78 is 55.8. The van der Waals surface area contributed by atoms with Gasteiger partial charge in [-0.05, 0) is 55.5 Å². The molecule has 1 unspecified atom stereocenters. The van der Waals surface area contributed by atoms with E-state index in [0.717, 1.165) is 22.3 Å². The number of methoxy groups -OCH3 is 1. The lowest BCUT2D eigenvalue weighted by Crippen LogP contribution is -2.38. The normalized spacial score (nSPS) is 15.3. The molecule has 0 fully saturated rings. The van der Waals surface area contributed by atoms with E-state index in [1.807, 2.05) is 12.1 Å². The Morgan fingerprint density at radius 1 is 1.08 bits per heavy atom. The molecule has 0 spiro atoms. The Hall–Kier alpha value is -3.73.